The third-order valence-corrected chi connectivity index (χ3v) is 7.24. The number of aliphatic hydroxyl groups is 1. The normalized spacial score (nSPS) is 18.3. The van der Waals surface area contributed by atoms with Crippen LogP contribution in [0, 0.1) is 5.92 Å². The maximum Gasteiger partial charge on any atom is 0.321 e. The van der Waals surface area contributed by atoms with Crippen molar-refractivity contribution in [2.45, 2.75) is 32.6 Å². The number of benzene rings is 3. The topological polar surface area (TPSA) is 91.3 Å². The van der Waals surface area contributed by atoms with Crippen LogP contribution in [0.3, 0.4) is 0 Å². The molecule has 39 heavy (non-hydrogen) atoms. The van der Waals surface area contributed by atoms with E-state index in [2.05, 4.69) is 5.32 Å². The van der Waals surface area contributed by atoms with E-state index in [9.17, 15) is 14.7 Å². The van der Waals surface area contributed by atoms with Gasteiger partial charge in [-0.3, -0.25) is 4.79 Å². The summed E-state index contributed by atoms with van der Waals surface area (Å²) in [7, 11) is 3.32. The fourth-order valence-corrected chi connectivity index (χ4v) is 4.80. The van der Waals surface area contributed by atoms with E-state index < -0.39 is 0 Å². The van der Waals surface area contributed by atoms with Gasteiger partial charge in [0, 0.05) is 37.3 Å². The number of methoxy groups -OCH3 is 1. The van der Waals surface area contributed by atoms with E-state index in [1.807, 2.05) is 62.4 Å². The third-order valence-electron chi connectivity index (χ3n) is 7.24. The molecule has 3 amide bonds. The van der Waals surface area contributed by atoms with Crippen molar-refractivity contribution in [2.75, 3.05) is 39.2 Å². The van der Waals surface area contributed by atoms with Crippen molar-refractivity contribution in [3.8, 4) is 16.9 Å². The molecular weight excluding hydrogens is 494 g/mol. The number of hydrogen-bond donors (Lipinski definition) is 2. The average Bonchev–Trinajstić information content (AvgIpc) is 2.98. The monoisotopic (exact) mass is 531 g/mol. The first-order valence-corrected chi connectivity index (χ1v) is 13.2. The summed E-state index contributed by atoms with van der Waals surface area (Å²) >= 11 is 0. The zero-order valence-corrected chi connectivity index (χ0v) is 23.0. The van der Waals surface area contributed by atoms with Gasteiger partial charge in [0.05, 0.1) is 32.5 Å². The molecule has 0 saturated carbocycles. The quantitative estimate of drug-likeness (QED) is 0.473. The van der Waals surface area contributed by atoms with Crippen molar-refractivity contribution in [3.63, 3.8) is 0 Å². The highest BCUT2D eigenvalue weighted by Crippen LogP contribution is 2.31. The highest BCUT2D eigenvalue weighted by atomic mass is 16.5. The van der Waals surface area contributed by atoms with Crippen molar-refractivity contribution in [1.82, 2.24) is 9.80 Å². The second-order valence-electron chi connectivity index (χ2n) is 10.1. The van der Waals surface area contributed by atoms with Crippen molar-refractivity contribution in [2.24, 2.45) is 5.92 Å². The zero-order valence-electron chi connectivity index (χ0n) is 23.0. The number of nitrogens with one attached hydrogen (secondary N) is 1. The minimum Gasteiger partial charge on any atom is -0.497 e. The molecule has 1 aliphatic rings. The zero-order chi connectivity index (χ0) is 27.9. The Morgan fingerprint density at radius 2 is 1.72 bits per heavy atom. The van der Waals surface area contributed by atoms with Gasteiger partial charge in [-0.05, 0) is 53.9 Å². The number of anilines is 1. The van der Waals surface area contributed by atoms with E-state index in [1.54, 1.807) is 48.2 Å². The van der Waals surface area contributed by atoms with Crippen LogP contribution in [-0.2, 0) is 11.3 Å². The molecule has 0 unspecified atom stereocenters. The first kappa shape index (κ1) is 28.1. The van der Waals surface area contributed by atoms with Crippen LogP contribution in [0.25, 0.3) is 11.1 Å². The number of hydrogen-bond acceptors (Lipinski definition) is 5. The highest BCUT2D eigenvalue weighted by Gasteiger charge is 2.31. The van der Waals surface area contributed by atoms with Gasteiger partial charge in [-0.1, -0.05) is 49.4 Å². The fraction of sp³-hybridized carbons (Fsp3) is 0.355. The number of likely N-dealkylation sites (N-methyl/N-ethyl adjacent to an activating group) is 1. The number of ether oxygens (including phenoxy) is 2. The Morgan fingerprint density at radius 1 is 1.08 bits per heavy atom. The number of amides is 3. The van der Waals surface area contributed by atoms with Crippen LogP contribution < -0.4 is 10.1 Å². The molecule has 1 aliphatic heterocycles. The van der Waals surface area contributed by atoms with Crippen LogP contribution in [0.5, 0.6) is 5.75 Å². The standard InChI is InChI=1S/C31H37N3O5/c1-21-17-34(22(2)19-35)30(36)28-12-8-7-11-27(28)26-10-6-5-9-23(26)20-39-29(21)18-33(3)31(37)32-24-13-15-25(38-4)16-14-24/h5-16,21-22,29,35H,17-20H2,1-4H3,(H,32,37)/t21-,22+,29-/m1/s1. The minimum atomic E-state index is -0.388. The number of fused-ring (bicyclic) bond motifs is 3. The largest absolute Gasteiger partial charge is 0.497 e. The van der Waals surface area contributed by atoms with Crippen molar-refractivity contribution >= 4 is 17.6 Å². The van der Waals surface area contributed by atoms with Gasteiger partial charge in [0.2, 0.25) is 0 Å². The van der Waals surface area contributed by atoms with E-state index >= 15 is 0 Å². The summed E-state index contributed by atoms with van der Waals surface area (Å²) < 4.78 is 11.7. The molecule has 8 heteroatoms. The Labute approximate surface area is 230 Å². The molecule has 0 radical (unpaired) electrons. The van der Waals surface area contributed by atoms with E-state index in [4.69, 9.17) is 9.47 Å². The summed E-state index contributed by atoms with van der Waals surface area (Å²) in [6, 6.07) is 22.0. The van der Waals surface area contributed by atoms with Crippen LogP contribution in [0.15, 0.2) is 72.8 Å². The number of nitrogens with zero attached hydrogens (tertiary/aromatic N) is 2. The van der Waals surface area contributed by atoms with Gasteiger partial charge in [0.15, 0.2) is 0 Å². The van der Waals surface area contributed by atoms with Crippen molar-refractivity contribution in [3.05, 3.63) is 83.9 Å². The first-order valence-electron chi connectivity index (χ1n) is 13.2. The molecule has 0 aliphatic carbocycles. The molecule has 0 spiro atoms. The lowest BCUT2D eigenvalue weighted by Crippen LogP contribution is -2.48. The summed E-state index contributed by atoms with van der Waals surface area (Å²) in [4.78, 5) is 30.2. The maximum absolute atomic E-state index is 13.9. The fourth-order valence-electron chi connectivity index (χ4n) is 4.80. The number of urea groups is 1. The molecule has 0 fully saturated rings. The first-order chi connectivity index (χ1) is 18.8. The Bertz CT molecular complexity index is 1280. The Morgan fingerprint density at radius 3 is 2.38 bits per heavy atom. The Kier molecular flexibility index (Phi) is 9.22. The molecule has 0 bridgehead atoms. The highest BCUT2D eigenvalue weighted by molar-refractivity contribution is 6.01. The van der Waals surface area contributed by atoms with Crippen molar-refractivity contribution in [1.29, 1.82) is 0 Å². The summed E-state index contributed by atoms with van der Waals surface area (Å²) in [5.74, 6) is 0.441. The number of carbonyl (C=O) groups excluding carboxylic acids is 2. The van der Waals surface area contributed by atoms with E-state index in [0.717, 1.165) is 16.7 Å². The smallest absolute Gasteiger partial charge is 0.321 e. The lowest BCUT2D eigenvalue weighted by Gasteiger charge is -2.35. The second-order valence-corrected chi connectivity index (χ2v) is 10.1. The molecule has 2 N–H and O–H groups in total. The lowest BCUT2D eigenvalue weighted by molar-refractivity contribution is -0.0178. The molecular formula is C31H37N3O5. The van der Waals surface area contributed by atoms with Gasteiger partial charge in [0.25, 0.3) is 5.91 Å². The van der Waals surface area contributed by atoms with Crippen LogP contribution in [0.2, 0.25) is 0 Å². The van der Waals surface area contributed by atoms with Crippen LogP contribution in [0.4, 0.5) is 10.5 Å². The minimum absolute atomic E-state index is 0.128. The molecule has 4 rings (SSSR count). The number of rotatable bonds is 6. The molecule has 206 valence electrons. The van der Waals surface area contributed by atoms with Gasteiger partial charge >= 0.3 is 6.03 Å². The van der Waals surface area contributed by atoms with Gasteiger partial charge in [0.1, 0.15) is 5.75 Å². The van der Waals surface area contributed by atoms with Gasteiger partial charge in [-0.2, -0.15) is 0 Å². The predicted molar refractivity (Wildman–Crippen MR) is 152 cm³/mol. The van der Waals surface area contributed by atoms with E-state index in [-0.39, 0.29) is 36.6 Å². The summed E-state index contributed by atoms with van der Waals surface area (Å²) in [5, 5.41) is 12.9. The molecule has 0 aromatic heterocycles. The molecule has 0 saturated heterocycles. The molecule has 3 aromatic rings. The second kappa shape index (κ2) is 12.8. The summed E-state index contributed by atoms with van der Waals surface area (Å²) in [6.07, 6.45) is -0.368. The van der Waals surface area contributed by atoms with Gasteiger partial charge in [-0.15, -0.1) is 0 Å². The number of aliphatic hydroxyl groups excluding tert-OH is 1. The predicted octanol–water partition coefficient (Wildman–Crippen LogP) is 4.88. The Hall–Kier alpha value is -3.88. The van der Waals surface area contributed by atoms with Crippen molar-refractivity contribution < 1.29 is 24.2 Å². The van der Waals surface area contributed by atoms with Gasteiger partial charge < -0.3 is 29.7 Å². The van der Waals surface area contributed by atoms with Crippen LogP contribution in [-0.4, -0.2) is 72.8 Å². The Balaban J connectivity index is 1.62. The lowest BCUT2D eigenvalue weighted by atomic mass is 9.94. The molecule has 1 heterocycles. The maximum atomic E-state index is 13.9. The molecule has 3 atom stereocenters. The summed E-state index contributed by atoms with van der Waals surface area (Å²) in [5.41, 5.74) is 3.97. The van der Waals surface area contributed by atoms with Gasteiger partial charge in [-0.25, -0.2) is 4.79 Å². The SMILES string of the molecule is COc1ccc(NC(=O)N(C)C[C@H]2OCc3ccccc3-c3ccccc3C(=O)N([C@@H](C)CO)C[C@H]2C)cc1. The van der Waals surface area contributed by atoms with Crippen LogP contribution in [0.1, 0.15) is 29.8 Å². The third kappa shape index (κ3) is 6.58. The van der Waals surface area contributed by atoms with Crippen LogP contribution >= 0.6 is 0 Å². The number of carbonyl (C=O) groups is 2. The average molecular weight is 532 g/mol. The summed E-state index contributed by atoms with van der Waals surface area (Å²) in [6.45, 7) is 4.70. The van der Waals surface area contributed by atoms with E-state index in [1.165, 1.54) is 0 Å². The molecule has 8 nitrogen and oxygen atoms in total. The van der Waals surface area contributed by atoms with E-state index in [0.29, 0.717) is 36.7 Å². The molecule has 3 aromatic carbocycles.